The van der Waals surface area contributed by atoms with Crippen LogP contribution in [0.2, 0.25) is 0 Å². The summed E-state index contributed by atoms with van der Waals surface area (Å²) in [5.41, 5.74) is 0. The van der Waals surface area contributed by atoms with Crippen LogP contribution in [0.5, 0.6) is 0 Å². The number of quaternary nitrogens is 1. The van der Waals surface area contributed by atoms with Crippen molar-refractivity contribution in [2.24, 2.45) is 11.8 Å². The molecule has 0 aromatic carbocycles. The Balaban J connectivity index is 2.99. The Morgan fingerprint density at radius 3 is 1.44 bits per heavy atom. The summed E-state index contributed by atoms with van der Waals surface area (Å²) in [5, 5.41) is 0. The number of rotatable bonds is 6. The van der Waals surface area contributed by atoms with Gasteiger partial charge in [-0.1, -0.05) is 27.7 Å². The lowest BCUT2D eigenvalue weighted by atomic mass is 9.95. The summed E-state index contributed by atoms with van der Waals surface area (Å²) < 4.78 is 12.0. The molecule has 0 aliphatic carbocycles. The van der Waals surface area contributed by atoms with E-state index in [4.69, 9.17) is 9.47 Å². The molecule has 1 rings (SSSR count). The van der Waals surface area contributed by atoms with E-state index in [-0.39, 0.29) is 12.2 Å². The summed E-state index contributed by atoms with van der Waals surface area (Å²) in [6, 6.07) is 0.850. The van der Waals surface area contributed by atoms with Gasteiger partial charge < -0.3 is 14.4 Å². The number of likely N-dealkylation sites (tertiary alicyclic amines) is 1. The highest BCUT2D eigenvalue weighted by Crippen LogP contribution is 2.25. The Morgan fingerprint density at radius 1 is 0.889 bits per heavy atom. The molecule has 0 aromatic heterocycles. The van der Waals surface area contributed by atoms with E-state index in [1.807, 2.05) is 0 Å². The third kappa shape index (κ3) is 3.06. The SMILES string of the molecule is [CH2-][NH+]1[C@H](C(C)C)[C@H](OCC)[C@@H](OCC)[C@H]1C(C)C. The van der Waals surface area contributed by atoms with Crippen molar-refractivity contribution in [1.82, 2.24) is 0 Å². The third-order valence-electron chi connectivity index (χ3n) is 4.04. The highest BCUT2D eigenvalue weighted by Gasteiger charge is 2.51. The van der Waals surface area contributed by atoms with Gasteiger partial charge in [-0.3, -0.25) is 0 Å². The van der Waals surface area contributed by atoms with Gasteiger partial charge in [0.15, 0.2) is 0 Å². The number of hydrogen-bond acceptors (Lipinski definition) is 2. The van der Waals surface area contributed by atoms with E-state index >= 15 is 0 Å². The topological polar surface area (TPSA) is 22.9 Å². The summed E-state index contributed by atoms with van der Waals surface area (Å²) in [4.78, 5) is 1.33. The monoisotopic (exact) mass is 257 g/mol. The van der Waals surface area contributed by atoms with Gasteiger partial charge in [0.2, 0.25) is 0 Å². The minimum Gasteiger partial charge on any atom is -0.458 e. The van der Waals surface area contributed by atoms with Crippen molar-refractivity contribution < 1.29 is 14.4 Å². The molecule has 1 saturated heterocycles. The largest absolute Gasteiger partial charge is 0.458 e. The van der Waals surface area contributed by atoms with E-state index in [1.165, 1.54) is 4.90 Å². The van der Waals surface area contributed by atoms with Gasteiger partial charge in [0.1, 0.15) is 12.2 Å². The second-order valence-corrected chi connectivity index (χ2v) is 5.95. The molecule has 0 saturated carbocycles. The van der Waals surface area contributed by atoms with Crippen molar-refractivity contribution >= 4 is 0 Å². The number of nitrogens with one attached hydrogen (secondary N) is 1. The Kier molecular flexibility index (Phi) is 6.09. The van der Waals surface area contributed by atoms with Crippen LogP contribution >= 0.6 is 0 Å². The molecule has 0 unspecified atom stereocenters. The Labute approximate surface area is 113 Å². The second kappa shape index (κ2) is 6.88. The van der Waals surface area contributed by atoms with Crippen LogP contribution in [0, 0.1) is 18.9 Å². The van der Waals surface area contributed by atoms with E-state index in [2.05, 4.69) is 48.6 Å². The molecule has 3 nitrogen and oxygen atoms in total. The van der Waals surface area contributed by atoms with E-state index in [1.54, 1.807) is 0 Å². The predicted octanol–water partition coefficient (Wildman–Crippen LogP) is 1.54. The zero-order valence-electron chi connectivity index (χ0n) is 12.9. The molecule has 1 fully saturated rings. The second-order valence-electron chi connectivity index (χ2n) is 5.95. The fourth-order valence-corrected chi connectivity index (χ4v) is 3.45. The van der Waals surface area contributed by atoms with Gasteiger partial charge in [-0.2, -0.15) is 7.05 Å². The third-order valence-corrected chi connectivity index (χ3v) is 4.04. The summed E-state index contributed by atoms with van der Waals surface area (Å²) in [7, 11) is 4.36. The average Bonchev–Trinajstić information content (AvgIpc) is 2.52. The highest BCUT2D eigenvalue weighted by atomic mass is 16.5. The van der Waals surface area contributed by atoms with Crippen molar-refractivity contribution in [3.05, 3.63) is 7.05 Å². The van der Waals surface area contributed by atoms with Crippen molar-refractivity contribution in [3.63, 3.8) is 0 Å². The molecular weight excluding hydrogens is 226 g/mol. The molecule has 0 radical (unpaired) electrons. The molecule has 0 spiro atoms. The van der Waals surface area contributed by atoms with E-state index in [9.17, 15) is 0 Å². The molecule has 1 aliphatic rings. The first-order valence-electron chi connectivity index (χ1n) is 7.37. The zero-order chi connectivity index (χ0) is 13.9. The summed E-state index contributed by atoms with van der Waals surface area (Å²) in [5.74, 6) is 1.11. The Bertz CT molecular complexity index is 219. The molecule has 1 aliphatic heterocycles. The summed E-state index contributed by atoms with van der Waals surface area (Å²) in [6.07, 6.45) is 0.352. The first-order valence-corrected chi connectivity index (χ1v) is 7.37. The lowest BCUT2D eigenvalue weighted by Crippen LogP contribution is -3.14. The van der Waals surface area contributed by atoms with Crippen LogP contribution in [-0.2, 0) is 9.47 Å². The zero-order valence-corrected chi connectivity index (χ0v) is 12.9. The first-order chi connectivity index (χ1) is 8.45. The maximum Gasteiger partial charge on any atom is 0.139 e. The molecular formula is C15H31NO2. The van der Waals surface area contributed by atoms with Crippen molar-refractivity contribution in [2.45, 2.75) is 65.8 Å². The van der Waals surface area contributed by atoms with E-state index < -0.39 is 0 Å². The van der Waals surface area contributed by atoms with Crippen LogP contribution in [0.4, 0.5) is 0 Å². The first kappa shape index (κ1) is 15.9. The van der Waals surface area contributed by atoms with E-state index in [0.29, 0.717) is 23.9 Å². The van der Waals surface area contributed by atoms with Crippen LogP contribution < -0.4 is 4.90 Å². The average molecular weight is 257 g/mol. The van der Waals surface area contributed by atoms with Gasteiger partial charge in [-0.05, 0) is 13.8 Å². The lowest BCUT2D eigenvalue weighted by molar-refractivity contribution is -0.902. The number of ether oxygens (including phenoxy) is 2. The number of hydrogen-bond donors (Lipinski definition) is 1. The van der Waals surface area contributed by atoms with Crippen LogP contribution in [0.25, 0.3) is 0 Å². The molecule has 0 aromatic rings. The van der Waals surface area contributed by atoms with E-state index in [0.717, 1.165) is 13.2 Å². The van der Waals surface area contributed by atoms with Gasteiger partial charge in [-0.15, -0.1) is 0 Å². The molecule has 108 valence electrons. The van der Waals surface area contributed by atoms with Gasteiger partial charge in [0, 0.05) is 25.0 Å². The van der Waals surface area contributed by atoms with Crippen LogP contribution in [0.1, 0.15) is 41.5 Å². The predicted molar refractivity (Wildman–Crippen MR) is 74.4 cm³/mol. The van der Waals surface area contributed by atoms with Crippen LogP contribution in [0.15, 0.2) is 0 Å². The van der Waals surface area contributed by atoms with Gasteiger partial charge >= 0.3 is 0 Å². The Hall–Kier alpha value is -0.120. The Morgan fingerprint density at radius 2 is 1.22 bits per heavy atom. The molecule has 1 heterocycles. The van der Waals surface area contributed by atoms with Crippen LogP contribution in [-0.4, -0.2) is 37.5 Å². The van der Waals surface area contributed by atoms with Gasteiger partial charge in [0.05, 0.1) is 12.1 Å². The standard InChI is InChI=1S/C15H31NO2/c1-8-17-14-12(10(3)4)16(7)13(11(5)6)15(14)18-9-2/h10-16H,7-9H2,1-6H3/t12-,13-,14+,15+/m1/s1. The fourth-order valence-electron chi connectivity index (χ4n) is 3.45. The molecule has 3 heteroatoms. The molecule has 4 atom stereocenters. The fraction of sp³-hybridized carbons (Fsp3) is 0.933. The minimum atomic E-state index is 0.176. The molecule has 0 bridgehead atoms. The summed E-state index contributed by atoms with van der Waals surface area (Å²) >= 11 is 0. The highest BCUT2D eigenvalue weighted by molar-refractivity contribution is 4.93. The summed E-state index contributed by atoms with van der Waals surface area (Å²) in [6.45, 7) is 14.6. The molecule has 18 heavy (non-hydrogen) atoms. The quantitative estimate of drug-likeness (QED) is 0.729. The van der Waals surface area contributed by atoms with Crippen molar-refractivity contribution in [1.29, 1.82) is 0 Å². The van der Waals surface area contributed by atoms with Gasteiger partial charge in [0.25, 0.3) is 0 Å². The minimum absolute atomic E-state index is 0.176. The van der Waals surface area contributed by atoms with Gasteiger partial charge in [-0.25, -0.2) is 0 Å². The lowest BCUT2D eigenvalue weighted by Gasteiger charge is -2.34. The van der Waals surface area contributed by atoms with Crippen molar-refractivity contribution in [2.75, 3.05) is 13.2 Å². The molecule has 0 amide bonds. The smallest absolute Gasteiger partial charge is 0.139 e. The molecule has 1 N–H and O–H groups in total. The van der Waals surface area contributed by atoms with Crippen molar-refractivity contribution in [3.8, 4) is 0 Å². The maximum absolute atomic E-state index is 6.01. The maximum atomic E-state index is 6.01. The van der Waals surface area contributed by atoms with Crippen LogP contribution in [0.3, 0.4) is 0 Å². The normalized spacial score (nSPS) is 36.8.